The van der Waals surface area contributed by atoms with Crippen molar-refractivity contribution in [2.75, 3.05) is 19.0 Å². The standard InChI is InChI=1S/C10H14BrN3O2/c1-16-9-8(11)5-13-10(14-9)12-4-6-2-7(15)3-6/h5-7,15H,2-4H2,1H3,(H,12,13,14). The Bertz CT molecular complexity index is 369. The zero-order chi connectivity index (χ0) is 11.5. The van der Waals surface area contributed by atoms with Crippen LogP contribution in [-0.4, -0.2) is 34.8 Å². The van der Waals surface area contributed by atoms with E-state index in [1.807, 2.05) is 0 Å². The monoisotopic (exact) mass is 287 g/mol. The Balaban J connectivity index is 1.89. The Morgan fingerprint density at radius 1 is 1.62 bits per heavy atom. The van der Waals surface area contributed by atoms with Gasteiger partial charge in [-0.05, 0) is 34.7 Å². The maximum atomic E-state index is 9.15. The Morgan fingerprint density at radius 2 is 2.38 bits per heavy atom. The molecule has 0 aromatic carbocycles. The molecule has 2 N–H and O–H groups in total. The van der Waals surface area contributed by atoms with Gasteiger partial charge >= 0.3 is 0 Å². The maximum absolute atomic E-state index is 9.15. The second kappa shape index (κ2) is 4.97. The SMILES string of the molecule is COc1nc(NCC2CC(O)C2)ncc1Br. The number of ether oxygens (including phenoxy) is 1. The van der Waals surface area contributed by atoms with Crippen molar-refractivity contribution in [2.24, 2.45) is 5.92 Å². The highest BCUT2D eigenvalue weighted by Gasteiger charge is 2.26. The third-order valence-corrected chi connectivity index (χ3v) is 3.21. The molecule has 1 heterocycles. The molecular weight excluding hydrogens is 274 g/mol. The quantitative estimate of drug-likeness (QED) is 0.877. The van der Waals surface area contributed by atoms with Crippen molar-refractivity contribution >= 4 is 21.9 Å². The summed E-state index contributed by atoms with van der Waals surface area (Å²) < 4.78 is 5.81. The molecule has 0 spiro atoms. The number of anilines is 1. The van der Waals surface area contributed by atoms with E-state index in [0.29, 0.717) is 17.7 Å². The Labute approximate surface area is 102 Å². The van der Waals surface area contributed by atoms with E-state index in [2.05, 4.69) is 31.2 Å². The van der Waals surface area contributed by atoms with Crippen LogP contribution in [0.15, 0.2) is 10.7 Å². The van der Waals surface area contributed by atoms with Crippen LogP contribution in [0, 0.1) is 5.92 Å². The van der Waals surface area contributed by atoms with Crippen molar-refractivity contribution in [3.63, 3.8) is 0 Å². The highest BCUT2D eigenvalue weighted by Crippen LogP contribution is 2.27. The van der Waals surface area contributed by atoms with E-state index < -0.39 is 0 Å². The number of aliphatic hydroxyl groups is 1. The molecule has 2 rings (SSSR count). The largest absolute Gasteiger partial charge is 0.480 e. The molecule has 1 aromatic heterocycles. The van der Waals surface area contributed by atoms with E-state index in [1.54, 1.807) is 13.3 Å². The van der Waals surface area contributed by atoms with Crippen molar-refractivity contribution in [1.82, 2.24) is 9.97 Å². The average molecular weight is 288 g/mol. The van der Waals surface area contributed by atoms with E-state index in [1.165, 1.54) is 0 Å². The molecule has 1 saturated carbocycles. The lowest BCUT2D eigenvalue weighted by Gasteiger charge is -2.31. The van der Waals surface area contributed by atoms with E-state index in [-0.39, 0.29) is 6.10 Å². The minimum Gasteiger partial charge on any atom is -0.480 e. The first-order valence-electron chi connectivity index (χ1n) is 5.17. The molecule has 6 heteroatoms. The van der Waals surface area contributed by atoms with E-state index in [4.69, 9.17) is 9.84 Å². The third kappa shape index (κ3) is 2.62. The van der Waals surface area contributed by atoms with Gasteiger partial charge in [0.05, 0.1) is 23.9 Å². The molecule has 0 aliphatic heterocycles. The number of hydrogen-bond acceptors (Lipinski definition) is 5. The average Bonchev–Trinajstić information content (AvgIpc) is 2.24. The van der Waals surface area contributed by atoms with Crippen LogP contribution in [0.3, 0.4) is 0 Å². The molecule has 0 bridgehead atoms. The lowest BCUT2D eigenvalue weighted by Crippen LogP contribution is -2.33. The highest BCUT2D eigenvalue weighted by atomic mass is 79.9. The van der Waals surface area contributed by atoms with E-state index >= 15 is 0 Å². The molecule has 1 aliphatic carbocycles. The normalized spacial score (nSPS) is 23.7. The van der Waals surface area contributed by atoms with Crippen molar-refractivity contribution in [2.45, 2.75) is 18.9 Å². The molecule has 1 fully saturated rings. The number of hydrogen-bond donors (Lipinski definition) is 2. The summed E-state index contributed by atoms with van der Waals surface area (Å²) in [6.07, 6.45) is 3.26. The zero-order valence-corrected chi connectivity index (χ0v) is 10.6. The van der Waals surface area contributed by atoms with Gasteiger partial charge in [0, 0.05) is 6.54 Å². The van der Waals surface area contributed by atoms with E-state index in [9.17, 15) is 0 Å². The van der Waals surface area contributed by atoms with Crippen LogP contribution >= 0.6 is 15.9 Å². The van der Waals surface area contributed by atoms with Crippen LogP contribution < -0.4 is 10.1 Å². The van der Waals surface area contributed by atoms with E-state index in [0.717, 1.165) is 23.9 Å². The lowest BCUT2D eigenvalue weighted by atomic mass is 9.82. The topological polar surface area (TPSA) is 67.3 Å². The van der Waals surface area contributed by atoms with Crippen LogP contribution in [0.5, 0.6) is 5.88 Å². The molecule has 0 unspecified atom stereocenters. The van der Waals surface area contributed by atoms with Gasteiger partial charge in [-0.2, -0.15) is 4.98 Å². The van der Waals surface area contributed by atoms with Crippen molar-refractivity contribution in [3.05, 3.63) is 10.7 Å². The van der Waals surface area contributed by atoms with Gasteiger partial charge in [0.15, 0.2) is 0 Å². The second-order valence-electron chi connectivity index (χ2n) is 3.92. The minimum atomic E-state index is -0.118. The van der Waals surface area contributed by atoms with Crippen molar-refractivity contribution < 1.29 is 9.84 Å². The predicted octanol–water partition coefficient (Wildman–Crippen LogP) is 1.43. The van der Waals surface area contributed by atoms with Crippen LogP contribution in [0.2, 0.25) is 0 Å². The maximum Gasteiger partial charge on any atom is 0.232 e. The fraction of sp³-hybridized carbons (Fsp3) is 0.600. The first-order chi connectivity index (χ1) is 7.69. The molecule has 0 radical (unpaired) electrons. The Kier molecular flexibility index (Phi) is 3.60. The second-order valence-corrected chi connectivity index (χ2v) is 4.78. The molecule has 0 saturated heterocycles. The van der Waals surface area contributed by atoms with Gasteiger partial charge in [-0.1, -0.05) is 0 Å². The minimum absolute atomic E-state index is 0.118. The van der Waals surface area contributed by atoms with Crippen LogP contribution in [0.4, 0.5) is 5.95 Å². The van der Waals surface area contributed by atoms with Gasteiger partial charge in [0.1, 0.15) is 0 Å². The zero-order valence-electron chi connectivity index (χ0n) is 8.98. The van der Waals surface area contributed by atoms with Gasteiger partial charge in [0.2, 0.25) is 11.8 Å². The van der Waals surface area contributed by atoms with Gasteiger partial charge in [-0.25, -0.2) is 4.98 Å². The summed E-state index contributed by atoms with van der Waals surface area (Å²) in [5, 5.41) is 12.3. The first-order valence-corrected chi connectivity index (χ1v) is 5.97. The van der Waals surface area contributed by atoms with Gasteiger partial charge < -0.3 is 15.2 Å². The first kappa shape index (κ1) is 11.6. The summed E-state index contributed by atoms with van der Waals surface area (Å²) in [6.45, 7) is 0.793. The smallest absolute Gasteiger partial charge is 0.232 e. The summed E-state index contributed by atoms with van der Waals surface area (Å²) in [5.74, 6) is 1.60. The van der Waals surface area contributed by atoms with Gasteiger partial charge in [-0.15, -0.1) is 0 Å². The van der Waals surface area contributed by atoms with Crippen molar-refractivity contribution in [3.8, 4) is 5.88 Å². The summed E-state index contributed by atoms with van der Waals surface area (Å²) in [5.41, 5.74) is 0. The molecule has 0 atom stereocenters. The highest BCUT2D eigenvalue weighted by molar-refractivity contribution is 9.10. The van der Waals surface area contributed by atoms with Crippen LogP contribution in [0.1, 0.15) is 12.8 Å². The molecular formula is C10H14BrN3O2. The molecule has 16 heavy (non-hydrogen) atoms. The number of nitrogens with zero attached hydrogens (tertiary/aromatic N) is 2. The molecule has 1 aliphatic rings. The van der Waals surface area contributed by atoms with Crippen LogP contribution in [-0.2, 0) is 0 Å². The number of aromatic nitrogens is 2. The van der Waals surface area contributed by atoms with Gasteiger partial charge in [-0.3, -0.25) is 0 Å². The molecule has 88 valence electrons. The number of halogens is 1. The summed E-state index contributed by atoms with van der Waals surface area (Å²) >= 11 is 3.29. The lowest BCUT2D eigenvalue weighted by molar-refractivity contribution is 0.0486. The molecule has 0 amide bonds. The molecule has 5 nitrogen and oxygen atoms in total. The Hall–Kier alpha value is -0.880. The fourth-order valence-electron chi connectivity index (χ4n) is 1.68. The molecule has 1 aromatic rings. The van der Waals surface area contributed by atoms with Gasteiger partial charge in [0.25, 0.3) is 0 Å². The number of nitrogens with one attached hydrogen (secondary N) is 1. The third-order valence-electron chi connectivity index (χ3n) is 2.66. The number of aliphatic hydroxyl groups excluding tert-OH is 1. The fourth-order valence-corrected chi connectivity index (χ4v) is 2.04. The summed E-state index contributed by atoms with van der Waals surface area (Å²) in [4.78, 5) is 8.31. The number of methoxy groups -OCH3 is 1. The number of rotatable bonds is 4. The predicted molar refractivity (Wildman–Crippen MR) is 63.5 cm³/mol. The summed E-state index contributed by atoms with van der Waals surface area (Å²) in [6, 6.07) is 0. The van der Waals surface area contributed by atoms with Crippen LogP contribution in [0.25, 0.3) is 0 Å². The Morgan fingerprint density at radius 3 is 3.00 bits per heavy atom. The summed E-state index contributed by atoms with van der Waals surface area (Å²) in [7, 11) is 1.57. The van der Waals surface area contributed by atoms with Crippen molar-refractivity contribution in [1.29, 1.82) is 0 Å².